The van der Waals surface area contributed by atoms with Gasteiger partial charge in [0.25, 0.3) is 0 Å². The van der Waals surface area contributed by atoms with E-state index in [4.69, 9.17) is 9.47 Å². The molecule has 3 rings (SSSR count). The lowest BCUT2D eigenvalue weighted by atomic mass is 9.76. The minimum absolute atomic E-state index is 0.0186. The Morgan fingerprint density at radius 2 is 1.42 bits per heavy atom. The topological polar surface area (TPSA) is 86.7 Å². The second kappa shape index (κ2) is 6.34. The Morgan fingerprint density at radius 3 is 2.08 bits per heavy atom. The first-order valence-corrected chi connectivity index (χ1v) is 8.45. The molecule has 0 amide bonds. The van der Waals surface area contributed by atoms with Gasteiger partial charge < -0.3 is 9.47 Å². The number of carbonyl (C=O) groups is 4. The fraction of sp³-hybridized carbons (Fsp3) is 0.556. The van der Waals surface area contributed by atoms with Gasteiger partial charge in [0.05, 0.1) is 5.57 Å². The highest BCUT2D eigenvalue weighted by molar-refractivity contribution is 6.14. The van der Waals surface area contributed by atoms with Crippen molar-refractivity contribution in [2.75, 3.05) is 0 Å². The predicted octanol–water partition coefficient (Wildman–Crippen LogP) is 2.37. The maximum absolute atomic E-state index is 12.2. The molecule has 0 aromatic carbocycles. The molecule has 0 saturated heterocycles. The lowest BCUT2D eigenvalue weighted by molar-refractivity contribution is -0.153. The van der Waals surface area contributed by atoms with Gasteiger partial charge in [0, 0.05) is 16.7 Å². The Morgan fingerprint density at radius 1 is 0.833 bits per heavy atom. The molecule has 0 fully saturated rings. The first kappa shape index (κ1) is 16.6. The Labute approximate surface area is 139 Å². The zero-order valence-electron chi connectivity index (χ0n) is 13.8. The molecule has 0 bridgehead atoms. The summed E-state index contributed by atoms with van der Waals surface area (Å²) >= 11 is 0. The van der Waals surface area contributed by atoms with E-state index in [2.05, 4.69) is 0 Å². The van der Waals surface area contributed by atoms with Crippen LogP contribution in [0.5, 0.6) is 0 Å². The summed E-state index contributed by atoms with van der Waals surface area (Å²) in [6.07, 6.45) is 3.12. The molecule has 24 heavy (non-hydrogen) atoms. The molecule has 0 unspecified atom stereocenters. The SMILES string of the molecule is CCC[C@@H]1C2=C(CCC3=C(C[C@H]1CC)C(=O)OC3=O)C(=O)OC2=O. The molecule has 2 atom stereocenters. The molecule has 6 nitrogen and oxygen atoms in total. The van der Waals surface area contributed by atoms with E-state index in [9.17, 15) is 19.2 Å². The first-order chi connectivity index (χ1) is 11.5. The van der Waals surface area contributed by atoms with Crippen LogP contribution in [0.1, 0.15) is 52.4 Å². The van der Waals surface area contributed by atoms with Gasteiger partial charge in [-0.1, -0.05) is 26.7 Å². The van der Waals surface area contributed by atoms with Gasteiger partial charge in [0.15, 0.2) is 0 Å². The third kappa shape index (κ3) is 2.60. The van der Waals surface area contributed by atoms with Crippen LogP contribution in [0.4, 0.5) is 0 Å². The number of carbonyl (C=O) groups excluding carboxylic acids is 4. The van der Waals surface area contributed by atoms with Gasteiger partial charge in [-0.2, -0.15) is 0 Å². The average molecular weight is 332 g/mol. The molecular weight excluding hydrogens is 312 g/mol. The lowest BCUT2D eigenvalue weighted by Gasteiger charge is -2.26. The molecule has 0 radical (unpaired) electrons. The van der Waals surface area contributed by atoms with Crippen LogP contribution in [0.15, 0.2) is 22.3 Å². The average Bonchev–Trinajstić information content (AvgIpc) is 2.98. The van der Waals surface area contributed by atoms with Crippen LogP contribution in [0, 0.1) is 11.8 Å². The summed E-state index contributed by atoms with van der Waals surface area (Å²) < 4.78 is 9.59. The van der Waals surface area contributed by atoms with Gasteiger partial charge in [-0.15, -0.1) is 0 Å². The van der Waals surface area contributed by atoms with Crippen LogP contribution in [-0.4, -0.2) is 23.9 Å². The van der Waals surface area contributed by atoms with Crippen molar-refractivity contribution < 1.29 is 28.7 Å². The van der Waals surface area contributed by atoms with Crippen molar-refractivity contribution in [2.24, 2.45) is 11.8 Å². The summed E-state index contributed by atoms with van der Waals surface area (Å²) in [7, 11) is 0. The second-order valence-electron chi connectivity index (χ2n) is 6.47. The monoisotopic (exact) mass is 332 g/mol. The molecule has 128 valence electrons. The van der Waals surface area contributed by atoms with Crippen molar-refractivity contribution in [3.05, 3.63) is 22.3 Å². The number of esters is 4. The summed E-state index contributed by atoms with van der Waals surface area (Å²) in [5.41, 5.74) is 1.57. The van der Waals surface area contributed by atoms with Crippen molar-refractivity contribution in [1.29, 1.82) is 0 Å². The Kier molecular flexibility index (Phi) is 4.39. The van der Waals surface area contributed by atoms with E-state index < -0.39 is 23.9 Å². The normalized spacial score (nSPS) is 27.4. The largest absolute Gasteiger partial charge is 0.386 e. The van der Waals surface area contributed by atoms with Crippen LogP contribution in [0.2, 0.25) is 0 Å². The lowest BCUT2D eigenvalue weighted by Crippen LogP contribution is -2.22. The highest BCUT2D eigenvalue weighted by atomic mass is 16.6. The molecule has 6 heteroatoms. The third-order valence-electron chi connectivity index (χ3n) is 5.17. The fourth-order valence-electron chi connectivity index (χ4n) is 3.97. The minimum Gasteiger partial charge on any atom is -0.386 e. The number of ether oxygens (including phenoxy) is 2. The van der Waals surface area contributed by atoms with E-state index in [1.54, 1.807) is 0 Å². The highest BCUT2D eigenvalue weighted by Crippen LogP contribution is 2.42. The molecule has 1 aliphatic carbocycles. The first-order valence-electron chi connectivity index (χ1n) is 8.45. The standard InChI is InChI=1S/C18H20O6/c1-3-5-10-9(4-2)8-13-11(15(19)23-17(13)21)6-7-12-14(10)18(22)24-16(12)20/h9-10H,3-8H2,1-2H3/t9-,10+/m1/s1. The van der Waals surface area contributed by atoms with Crippen LogP contribution in [0.3, 0.4) is 0 Å². The van der Waals surface area contributed by atoms with Crippen molar-refractivity contribution in [3.8, 4) is 0 Å². The quantitative estimate of drug-likeness (QED) is 0.582. The van der Waals surface area contributed by atoms with E-state index >= 15 is 0 Å². The smallest absolute Gasteiger partial charge is 0.342 e. The van der Waals surface area contributed by atoms with Crippen LogP contribution in [0.25, 0.3) is 0 Å². The molecular formula is C18H20O6. The Bertz CT molecular complexity index is 696. The van der Waals surface area contributed by atoms with Gasteiger partial charge in [0.1, 0.15) is 0 Å². The summed E-state index contributed by atoms with van der Waals surface area (Å²) in [4.78, 5) is 48.3. The van der Waals surface area contributed by atoms with Crippen LogP contribution >= 0.6 is 0 Å². The van der Waals surface area contributed by atoms with Crippen LogP contribution in [-0.2, 0) is 28.7 Å². The fourth-order valence-corrected chi connectivity index (χ4v) is 3.97. The van der Waals surface area contributed by atoms with Gasteiger partial charge >= 0.3 is 23.9 Å². The molecule has 0 aromatic rings. The van der Waals surface area contributed by atoms with Crippen molar-refractivity contribution >= 4 is 23.9 Å². The van der Waals surface area contributed by atoms with Crippen LogP contribution < -0.4 is 0 Å². The Balaban J connectivity index is 2.10. The van der Waals surface area contributed by atoms with Gasteiger partial charge in [-0.05, 0) is 37.5 Å². The maximum atomic E-state index is 12.2. The van der Waals surface area contributed by atoms with Crippen molar-refractivity contribution in [2.45, 2.75) is 52.4 Å². The highest BCUT2D eigenvalue weighted by Gasteiger charge is 2.43. The predicted molar refractivity (Wildman–Crippen MR) is 82.3 cm³/mol. The van der Waals surface area contributed by atoms with Gasteiger partial charge in [-0.25, -0.2) is 19.2 Å². The summed E-state index contributed by atoms with van der Waals surface area (Å²) in [6, 6.07) is 0. The molecule has 0 spiro atoms. The zero-order chi connectivity index (χ0) is 17.4. The Hall–Kier alpha value is -2.24. The van der Waals surface area contributed by atoms with E-state index in [0.717, 1.165) is 19.3 Å². The molecule has 2 heterocycles. The second-order valence-corrected chi connectivity index (χ2v) is 6.47. The van der Waals surface area contributed by atoms with Gasteiger partial charge in [-0.3, -0.25) is 0 Å². The third-order valence-corrected chi connectivity index (χ3v) is 5.17. The summed E-state index contributed by atoms with van der Waals surface area (Å²) in [5.74, 6) is -2.56. The molecule has 0 aromatic heterocycles. The molecule has 2 aliphatic heterocycles. The zero-order valence-corrected chi connectivity index (χ0v) is 13.8. The number of cyclic esters (lactones) is 4. The van der Waals surface area contributed by atoms with E-state index in [1.165, 1.54) is 0 Å². The van der Waals surface area contributed by atoms with E-state index in [1.807, 2.05) is 13.8 Å². The van der Waals surface area contributed by atoms with E-state index in [-0.39, 0.29) is 24.7 Å². The number of rotatable bonds is 3. The van der Waals surface area contributed by atoms with Crippen molar-refractivity contribution in [3.63, 3.8) is 0 Å². The van der Waals surface area contributed by atoms with E-state index in [0.29, 0.717) is 28.7 Å². The maximum Gasteiger partial charge on any atom is 0.342 e. The van der Waals surface area contributed by atoms with Crippen molar-refractivity contribution in [1.82, 2.24) is 0 Å². The number of hydrogen-bond donors (Lipinski definition) is 0. The summed E-state index contributed by atoms with van der Waals surface area (Å²) in [6.45, 7) is 4.00. The molecule has 0 saturated carbocycles. The molecule has 0 N–H and O–H groups in total. The molecule has 3 aliphatic rings. The number of hydrogen-bond acceptors (Lipinski definition) is 6. The minimum atomic E-state index is -0.626. The summed E-state index contributed by atoms with van der Waals surface area (Å²) in [5, 5.41) is 0. The van der Waals surface area contributed by atoms with Gasteiger partial charge in [0.2, 0.25) is 0 Å².